The third kappa shape index (κ3) is 29.5. The van der Waals surface area contributed by atoms with Crippen LogP contribution in [0.5, 0.6) is 28.7 Å². The molecule has 2 aliphatic rings. The first-order chi connectivity index (χ1) is 53.4. The maximum atomic E-state index is 12.3. The molecule has 11 aromatic carbocycles. The van der Waals surface area contributed by atoms with E-state index in [2.05, 4.69) is 67.5 Å². The van der Waals surface area contributed by atoms with Crippen LogP contribution in [0.3, 0.4) is 0 Å². The first-order valence-corrected chi connectivity index (χ1v) is 39.5. The number of carbonyl (C=O) groups excluding carboxylic acids is 2. The number of carbonyl (C=O) groups is 2. The summed E-state index contributed by atoms with van der Waals surface area (Å²) in [5.41, 5.74) is 10.7. The van der Waals surface area contributed by atoms with Crippen molar-refractivity contribution in [3.63, 3.8) is 0 Å². The molecule has 27 heteroatoms. The number of hydrogen-bond donors (Lipinski definition) is 7. The molecular formula is C86H92B6Br2Cl4N2O13. The minimum atomic E-state index is -0.667. The van der Waals surface area contributed by atoms with E-state index in [4.69, 9.17) is 70.1 Å². The standard InChI is InChI=1S/C18H16BClO2.C17H17BO2.C14H12BCl2NO2.C13H12BBrO2.C12H15BClNO3.C11H16BBrO2.CH4/c1-19(21)14-8-6-13(7-9-14)12-22-18-11-10-17(20)15-4-2-3-5-16(15)18;1-18(19)16-9-14-7-8-17(11-15(14)10-16)20-12-13-5-3-2-4-6-13;1-15(20)9-6-7-11(16)10(8-9)14(19)18-13-5-3-2-4-12(13)17;1-14(16)10-7-11(15)9-13(8-10)17-12-5-3-2-4-6-12;1-13(17)10-6-9(7-11(14)8-10)12(16)15-2-4-18-5-3-15;1-11(2,3)15-10-6-5-8(12(4)14)7-9(10)13;/h2-11,21H,12H2,1H3;2-9,11,19H,10,12H2,1H3;2-8,20H,1H3,(H,18,19);2-9,16H,1H3;6-8,17H,2-5H2,1H3;5-7,14H,1-4H3;1H4. The zero-order chi connectivity index (χ0) is 81.2. The van der Waals surface area contributed by atoms with Gasteiger partial charge in [-0.1, -0.05) is 268 Å². The summed E-state index contributed by atoms with van der Waals surface area (Å²) in [6.07, 6.45) is 2.89. The molecule has 0 bridgehead atoms. The van der Waals surface area contributed by atoms with Crippen molar-refractivity contribution in [1.29, 1.82) is 0 Å². The van der Waals surface area contributed by atoms with Crippen molar-refractivity contribution in [3.8, 4) is 28.7 Å². The molecule has 0 saturated carbocycles. The Bertz CT molecular complexity index is 4930. The molecule has 2 amide bonds. The molecule has 1 aliphatic heterocycles. The molecule has 113 heavy (non-hydrogen) atoms. The second-order valence-electron chi connectivity index (χ2n) is 27.6. The van der Waals surface area contributed by atoms with E-state index in [0.717, 1.165) is 87.1 Å². The van der Waals surface area contributed by atoms with Crippen molar-refractivity contribution in [1.82, 2.24) is 4.90 Å². The molecular weight excluding hydrogens is 1640 g/mol. The van der Waals surface area contributed by atoms with Crippen LogP contribution >= 0.6 is 78.3 Å². The van der Waals surface area contributed by atoms with Gasteiger partial charge in [-0.15, -0.1) is 0 Å². The van der Waals surface area contributed by atoms with Gasteiger partial charge in [-0.3, -0.25) is 9.59 Å². The Hall–Kier alpha value is -8.21. The minimum absolute atomic E-state index is 0. The van der Waals surface area contributed by atoms with E-state index in [9.17, 15) is 39.7 Å². The quantitative estimate of drug-likeness (QED) is 0.0399. The fraction of sp³-hybridized carbons (Fsp3) is 0.209. The Morgan fingerprint density at radius 3 is 1.66 bits per heavy atom. The van der Waals surface area contributed by atoms with Crippen LogP contribution in [0.2, 0.25) is 61.0 Å². The van der Waals surface area contributed by atoms with Gasteiger partial charge in [-0.25, -0.2) is 0 Å². The number of rotatable bonds is 18. The van der Waals surface area contributed by atoms with Crippen molar-refractivity contribution in [3.05, 3.63) is 304 Å². The fourth-order valence-corrected chi connectivity index (χ4v) is 13.0. The highest BCUT2D eigenvalue weighted by Crippen LogP contribution is 2.34. The lowest BCUT2D eigenvalue weighted by Crippen LogP contribution is -2.41. The summed E-state index contributed by atoms with van der Waals surface area (Å²) in [5.74, 6) is 3.55. The van der Waals surface area contributed by atoms with Crippen molar-refractivity contribution in [2.24, 2.45) is 0 Å². The molecule has 584 valence electrons. The number of nitrogens with zero attached hydrogens (tertiary/aromatic N) is 1. The van der Waals surface area contributed by atoms with E-state index in [1.165, 1.54) is 11.1 Å². The maximum absolute atomic E-state index is 12.3. The molecule has 0 radical (unpaired) electrons. The summed E-state index contributed by atoms with van der Waals surface area (Å²) in [6.45, 7) is 16.6. The topological polar surface area (TPSA) is 217 Å². The third-order valence-corrected chi connectivity index (χ3v) is 19.6. The van der Waals surface area contributed by atoms with Crippen LogP contribution in [0.4, 0.5) is 5.69 Å². The maximum Gasteiger partial charge on any atom is 0.320 e. The van der Waals surface area contributed by atoms with Crippen molar-refractivity contribution in [2.45, 2.75) is 94.4 Å². The van der Waals surface area contributed by atoms with E-state index in [1.807, 2.05) is 179 Å². The lowest BCUT2D eigenvalue weighted by atomic mass is 9.63. The molecule has 13 rings (SSSR count). The van der Waals surface area contributed by atoms with Crippen LogP contribution in [0.25, 0.3) is 16.8 Å². The van der Waals surface area contributed by atoms with E-state index in [-0.39, 0.29) is 31.8 Å². The minimum Gasteiger partial charge on any atom is -0.489 e. The first-order valence-electron chi connectivity index (χ1n) is 36.4. The van der Waals surface area contributed by atoms with Gasteiger partial charge in [-0.2, -0.15) is 0 Å². The number of morpholine rings is 1. The highest BCUT2D eigenvalue weighted by Gasteiger charge is 2.23. The van der Waals surface area contributed by atoms with E-state index < -0.39 is 34.6 Å². The Morgan fingerprint density at radius 1 is 0.496 bits per heavy atom. The lowest BCUT2D eigenvalue weighted by Gasteiger charge is -2.27. The van der Waals surface area contributed by atoms with Crippen LogP contribution in [0, 0.1) is 0 Å². The molecule has 1 heterocycles. The first kappa shape index (κ1) is 92.0. The zero-order valence-corrected chi connectivity index (χ0v) is 70.0. The normalized spacial score (nSPS) is 11.7. The summed E-state index contributed by atoms with van der Waals surface area (Å²) in [6, 6.07) is 73.3. The molecule has 7 N–H and O–H groups in total. The van der Waals surface area contributed by atoms with Crippen LogP contribution in [0.1, 0.15) is 71.2 Å². The monoisotopic (exact) mass is 1720 g/mol. The van der Waals surface area contributed by atoms with Gasteiger partial charge < -0.3 is 64.0 Å². The average Bonchev–Trinajstić information content (AvgIpc) is 1.29. The molecule has 0 unspecified atom stereocenters. The molecule has 1 saturated heterocycles. The van der Waals surface area contributed by atoms with Crippen LogP contribution < -0.4 is 51.6 Å². The van der Waals surface area contributed by atoms with Gasteiger partial charge in [0.2, 0.25) is 0 Å². The Morgan fingerprint density at radius 2 is 1.04 bits per heavy atom. The predicted octanol–water partition coefficient (Wildman–Crippen LogP) is 17.1. The van der Waals surface area contributed by atoms with Gasteiger partial charge in [0, 0.05) is 43.9 Å². The molecule has 11 aromatic rings. The number of para-hydroxylation sites is 2. The van der Waals surface area contributed by atoms with E-state index in [1.54, 1.807) is 99.7 Å². The van der Waals surface area contributed by atoms with Crippen LogP contribution in [-0.4, -0.2) is 120 Å². The third-order valence-electron chi connectivity index (χ3n) is 17.3. The number of fused-ring (bicyclic) bond motifs is 2. The number of anilines is 1. The fourth-order valence-electron chi connectivity index (χ4n) is 11.2. The van der Waals surface area contributed by atoms with Crippen LogP contribution in [0.15, 0.2) is 251 Å². The smallest absolute Gasteiger partial charge is 0.320 e. The number of allylic oxidation sites excluding steroid dienone is 1. The van der Waals surface area contributed by atoms with E-state index in [0.29, 0.717) is 88.1 Å². The number of ether oxygens (including phenoxy) is 5. The summed E-state index contributed by atoms with van der Waals surface area (Å²) < 4.78 is 30.2. The van der Waals surface area contributed by atoms with Gasteiger partial charge in [0.25, 0.3) is 11.8 Å². The molecule has 0 atom stereocenters. The number of nitrogens with one attached hydrogen (secondary N) is 1. The van der Waals surface area contributed by atoms with Gasteiger partial charge in [-0.05, 0) is 184 Å². The van der Waals surface area contributed by atoms with Gasteiger partial charge in [0.1, 0.15) is 47.6 Å². The lowest BCUT2D eigenvalue weighted by molar-refractivity contribution is 0.0303. The zero-order valence-electron chi connectivity index (χ0n) is 63.8. The van der Waals surface area contributed by atoms with Crippen molar-refractivity contribution >= 4 is 181 Å². The second kappa shape index (κ2) is 45.2. The van der Waals surface area contributed by atoms with E-state index >= 15 is 0 Å². The number of benzene rings is 11. The van der Waals surface area contributed by atoms with Gasteiger partial charge >= 0.3 is 41.5 Å². The molecule has 1 fully saturated rings. The number of hydrogen-bond acceptors (Lipinski definition) is 13. The van der Waals surface area contributed by atoms with Crippen molar-refractivity contribution in [2.75, 3.05) is 31.6 Å². The molecule has 15 nitrogen and oxygen atoms in total. The molecule has 1 aliphatic carbocycles. The number of amides is 2. The van der Waals surface area contributed by atoms with Gasteiger partial charge in [0.15, 0.2) is 0 Å². The van der Waals surface area contributed by atoms with Crippen LogP contribution in [-0.2, 0) is 24.4 Å². The Labute approximate surface area is 703 Å². The largest absolute Gasteiger partial charge is 0.489 e. The second-order valence-corrected chi connectivity index (χ2v) is 31.0. The Balaban J connectivity index is 0.000000188. The predicted molar refractivity (Wildman–Crippen MR) is 481 cm³/mol. The number of halogens is 6. The SMILES string of the molecule is C.CB(O)C1=Cc2ccc(OCc3ccccc3)cc2C1.CB(O)c1cc(Br)cc(Oc2ccccc2)c1.CB(O)c1cc(Cl)cc(C(=O)N2CCOCC2)c1.CB(O)c1ccc(COc2ccc(Cl)c3ccccc23)cc1.CB(O)c1ccc(Cl)c(C(=O)Nc2ccccc2Cl)c1.CB(O)c1ccc(OC(C)(C)C)c(Br)c1. The highest BCUT2D eigenvalue weighted by molar-refractivity contribution is 9.10. The average molecular weight is 1730 g/mol. The summed E-state index contributed by atoms with van der Waals surface area (Å²) in [7, 11) is 0. The molecule has 0 aromatic heterocycles. The van der Waals surface area contributed by atoms with Crippen molar-refractivity contribution < 1.29 is 63.4 Å². The Kier molecular flexibility index (Phi) is 36.8. The summed E-state index contributed by atoms with van der Waals surface area (Å²) >= 11 is 31.0. The van der Waals surface area contributed by atoms with Gasteiger partial charge in [0.05, 0.1) is 39.0 Å². The summed E-state index contributed by atoms with van der Waals surface area (Å²) in [5, 5.41) is 63.9. The summed E-state index contributed by atoms with van der Waals surface area (Å²) in [4.78, 5) is 26.2. The molecule has 0 spiro atoms. The highest BCUT2D eigenvalue weighted by atomic mass is 79.9.